The first-order valence-corrected chi connectivity index (χ1v) is 2.88. The van der Waals surface area contributed by atoms with Crippen LogP contribution in [0.2, 0.25) is 0 Å². The number of rotatable bonds is 0. The third-order valence-electron chi connectivity index (χ3n) is 1.31. The molecule has 1 rings (SSSR count). The number of halogens is 1. The molecule has 0 saturated heterocycles. The van der Waals surface area contributed by atoms with Gasteiger partial charge in [-0.1, -0.05) is 6.08 Å². The molecule has 0 aromatic heterocycles. The number of hydrogen-bond acceptors (Lipinski definition) is 0. The van der Waals surface area contributed by atoms with Crippen LogP contribution in [0.25, 0.3) is 0 Å². The second-order valence-corrected chi connectivity index (χ2v) is 2.73. The van der Waals surface area contributed by atoms with E-state index in [1.165, 1.54) is 0 Å². The van der Waals surface area contributed by atoms with Crippen molar-refractivity contribution in [1.82, 2.24) is 0 Å². The van der Waals surface area contributed by atoms with E-state index in [9.17, 15) is 0 Å². The van der Waals surface area contributed by atoms with E-state index in [1.54, 1.807) is 0 Å². The molecule has 0 atom stereocenters. The summed E-state index contributed by atoms with van der Waals surface area (Å²) in [5.41, 5.74) is 0. The van der Waals surface area contributed by atoms with Gasteiger partial charge in [0, 0.05) is 0 Å². The van der Waals surface area contributed by atoms with E-state index >= 15 is 0 Å². The van der Waals surface area contributed by atoms with Crippen LogP contribution >= 0.6 is 0 Å². The highest BCUT2D eigenvalue weighted by molar-refractivity contribution is 5.03. The minimum atomic E-state index is 0. The molecular formula is C7H12BrN. The summed E-state index contributed by atoms with van der Waals surface area (Å²) < 4.78 is 0.983. The van der Waals surface area contributed by atoms with Gasteiger partial charge in [-0.15, -0.1) is 0 Å². The number of quaternary nitrogens is 1. The summed E-state index contributed by atoms with van der Waals surface area (Å²) in [4.78, 5) is 0. The van der Waals surface area contributed by atoms with E-state index in [0.29, 0.717) is 0 Å². The molecule has 0 aliphatic carbocycles. The van der Waals surface area contributed by atoms with Gasteiger partial charge in [0.2, 0.25) is 0 Å². The molecule has 0 saturated carbocycles. The smallest absolute Gasteiger partial charge is 0.101 e. The second kappa shape index (κ2) is 3.18. The molecule has 1 aliphatic rings. The summed E-state index contributed by atoms with van der Waals surface area (Å²) >= 11 is 0. The molecular weight excluding hydrogens is 178 g/mol. The summed E-state index contributed by atoms with van der Waals surface area (Å²) in [5.74, 6) is 0. The molecule has 0 unspecified atom stereocenters. The Morgan fingerprint density at radius 3 is 2.11 bits per heavy atom. The summed E-state index contributed by atoms with van der Waals surface area (Å²) in [5, 5.41) is 0. The average molecular weight is 190 g/mol. The highest BCUT2D eigenvalue weighted by atomic mass is 79.9. The zero-order valence-electron chi connectivity index (χ0n) is 5.84. The van der Waals surface area contributed by atoms with Crippen LogP contribution in [-0.2, 0) is 0 Å². The first kappa shape index (κ1) is 8.92. The monoisotopic (exact) mass is 189 g/mol. The normalized spacial score (nSPS) is 21.1. The van der Waals surface area contributed by atoms with Crippen LogP contribution in [-0.4, -0.2) is 25.1 Å². The van der Waals surface area contributed by atoms with Gasteiger partial charge in [0.15, 0.2) is 0 Å². The van der Waals surface area contributed by atoms with E-state index in [4.69, 9.17) is 0 Å². The van der Waals surface area contributed by atoms with Crippen LogP contribution in [0, 0.1) is 0 Å². The summed E-state index contributed by atoms with van der Waals surface area (Å²) in [7, 11) is 4.36. The zero-order chi connectivity index (χ0) is 6.04. The van der Waals surface area contributed by atoms with Crippen LogP contribution in [0.5, 0.6) is 0 Å². The maximum absolute atomic E-state index is 2.18. The SMILES string of the molecule is C[N+]1(C)C=CC=CC1.[Br-]. The van der Waals surface area contributed by atoms with Gasteiger partial charge >= 0.3 is 0 Å². The molecule has 0 bridgehead atoms. The summed E-state index contributed by atoms with van der Waals surface area (Å²) in [6.45, 7) is 1.12. The first-order valence-electron chi connectivity index (χ1n) is 2.88. The van der Waals surface area contributed by atoms with Gasteiger partial charge in [-0.2, -0.15) is 0 Å². The van der Waals surface area contributed by atoms with E-state index in [0.717, 1.165) is 11.0 Å². The van der Waals surface area contributed by atoms with Crippen LogP contribution in [0.3, 0.4) is 0 Å². The molecule has 1 heterocycles. The quantitative estimate of drug-likeness (QED) is 0.393. The zero-order valence-corrected chi connectivity index (χ0v) is 7.43. The predicted octanol–water partition coefficient (Wildman–Crippen LogP) is -1.85. The van der Waals surface area contributed by atoms with Crippen molar-refractivity contribution in [3.05, 3.63) is 24.4 Å². The predicted molar refractivity (Wildman–Crippen MR) is 35.3 cm³/mol. The molecule has 0 spiro atoms. The van der Waals surface area contributed by atoms with E-state index in [2.05, 4.69) is 38.5 Å². The van der Waals surface area contributed by atoms with Crippen molar-refractivity contribution in [3.8, 4) is 0 Å². The molecule has 1 nitrogen and oxygen atoms in total. The van der Waals surface area contributed by atoms with Gasteiger partial charge in [-0.05, 0) is 12.2 Å². The highest BCUT2D eigenvalue weighted by Gasteiger charge is 2.08. The maximum Gasteiger partial charge on any atom is 0.101 e. The fourth-order valence-corrected chi connectivity index (χ4v) is 0.755. The van der Waals surface area contributed by atoms with Crippen molar-refractivity contribution in [2.45, 2.75) is 0 Å². The molecule has 0 amide bonds. The van der Waals surface area contributed by atoms with Gasteiger partial charge in [-0.3, -0.25) is 4.48 Å². The Bertz CT molecular complexity index is 136. The largest absolute Gasteiger partial charge is 1.00 e. The fourth-order valence-electron chi connectivity index (χ4n) is 0.755. The minimum absolute atomic E-state index is 0. The summed E-state index contributed by atoms with van der Waals surface area (Å²) in [6, 6.07) is 0. The third-order valence-corrected chi connectivity index (χ3v) is 1.31. The topological polar surface area (TPSA) is 0 Å². The third kappa shape index (κ3) is 2.82. The van der Waals surface area contributed by atoms with Gasteiger partial charge < -0.3 is 17.0 Å². The first-order chi connectivity index (χ1) is 3.71. The van der Waals surface area contributed by atoms with Gasteiger partial charge in [-0.25, -0.2) is 0 Å². The van der Waals surface area contributed by atoms with Crippen molar-refractivity contribution >= 4 is 0 Å². The van der Waals surface area contributed by atoms with Crippen LogP contribution in [0.15, 0.2) is 24.4 Å². The Labute approximate surface area is 67.0 Å². The van der Waals surface area contributed by atoms with Crippen molar-refractivity contribution in [1.29, 1.82) is 0 Å². The highest BCUT2D eigenvalue weighted by Crippen LogP contribution is 2.02. The average Bonchev–Trinajstić information content (AvgIpc) is 1.65. The Morgan fingerprint density at radius 2 is 1.89 bits per heavy atom. The number of nitrogens with zero attached hydrogens (tertiary/aromatic N) is 1. The van der Waals surface area contributed by atoms with Gasteiger partial charge in [0.05, 0.1) is 20.3 Å². The van der Waals surface area contributed by atoms with Crippen LogP contribution < -0.4 is 17.0 Å². The lowest BCUT2D eigenvalue weighted by atomic mass is 10.3. The Hall–Kier alpha value is -0.0800. The lowest BCUT2D eigenvalue weighted by molar-refractivity contribution is -0.833. The van der Waals surface area contributed by atoms with E-state index in [1.807, 2.05) is 0 Å². The molecule has 0 aromatic carbocycles. The number of allylic oxidation sites excluding steroid dienone is 2. The molecule has 0 radical (unpaired) electrons. The van der Waals surface area contributed by atoms with Crippen molar-refractivity contribution in [2.24, 2.45) is 0 Å². The molecule has 0 N–H and O–H groups in total. The van der Waals surface area contributed by atoms with E-state index in [-0.39, 0.29) is 17.0 Å². The molecule has 52 valence electrons. The lowest BCUT2D eigenvalue weighted by Crippen LogP contribution is -3.00. The maximum atomic E-state index is 2.18. The number of hydrogen-bond donors (Lipinski definition) is 0. The Balaban J connectivity index is 0.000000640. The molecule has 9 heavy (non-hydrogen) atoms. The Morgan fingerprint density at radius 1 is 1.22 bits per heavy atom. The van der Waals surface area contributed by atoms with Crippen molar-refractivity contribution in [3.63, 3.8) is 0 Å². The van der Waals surface area contributed by atoms with E-state index < -0.39 is 0 Å². The van der Waals surface area contributed by atoms with Gasteiger partial charge in [0.25, 0.3) is 0 Å². The summed E-state index contributed by atoms with van der Waals surface area (Å²) in [6.07, 6.45) is 8.53. The van der Waals surface area contributed by atoms with Gasteiger partial charge in [0.1, 0.15) is 6.54 Å². The van der Waals surface area contributed by atoms with Crippen LogP contribution in [0.4, 0.5) is 0 Å². The second-order valence-electron chi connectivity index (χ2n) is 2.73. The molecule has 0 aromatic rings. The van der Waals surface area contributed by atoms with Crippen molar-refractivity contribution in [2.75, 3.05) is 20.6 Å². The minimum Gasteiger partial charge on any atom is -1.00 e. The van der Waals surface area contributed by atoms with Crippen molar-refractivity contribution < 1.29 is 21.5 Å². The molecule has 2 heteroatoms. The number of likely N-dealkylation sites (N-methyl/N-ethyl adjacent to an activating group) is 1. The fraction of sp³-hybridized carbons (Fsp3) is 0.429. The standard InChI is InChI=1S/C7H12N.BrH/c1-8(2)6-4-3-5-7-8;/h3-6H,7H2,1-2H3;1H/q+1;/p-1. The lowest BCUT2D eigenvalue weighted by Gasteiger charge is -2.24. The molecule has 0 fully saturated rings. The van der Waals surface area contributed by atoms with Crippen LogP contribution in [0.1, 0.15) is 0 Å². The molecule has 1 aliphatic heterocycles. The Kier molecular flexibility index (Phi) is 3.15.